The van der Waals surface area contributed by atoms with Crippen LogP contribution in [0.25, 0.3) is 0 Å². The molecule has 0 radical (unpaired) electrons. The van der Waals surface area contributed by atoms with E-state index >= 15 is 0 Å². The van der Waals surface area contributed by atoms with Gasteiger partial charge in [-0.2, -0.15) is 0 Å². The standard InChI is InChI=1S/C17H16ClNO5/c1-11-7-8-13(18)15(16(11)23-2)17(20)24-10-9-12-5-3-4-6-14(12)19(21)22/h3-8H,9-10H2,1-2H3. The summed E-state index contributed by atoms with van der Waals surface area (Å²) < 4.78 is 10.4. The van der Waals surface area contributed by atoms with Crippen molar-refractivity contribution in [1.82, 2.24) is 0 Å². The summed E-state index contributed by atoms with van der Waals surface area (Å²) in [7, 11) is 1.45. The van der Waals surface area contributed by atoms with E-state index in [9.17, 15) is 14.9 Å². The van der Waals surface area contributed by atoms with E-state index in [0.29, 0.717) is 11.3 Å². The van der Waals surface area contributed by atoms with Crippen LogP contribution in [0.1, 0.15) is 21.5 Å². The van der Waals surface area contributed by atoms with Gasteiger partial charge in [-0.15, -0.1) is 0 Å². The second-order valence-electron chi connectivity index (χ2n) is 5.04. The minimum absolute atomic E-state index is 0.000262. The number of nitrogens with zero attached hydrogens (tertiary/aromatic N) is 1. The van der Waals surface area contributed by atoms with Crippen LogP contribution >= 0.6 is 11.6 Å². The number of esters is 1. The van der Waals surface area contributed by atoms with Gasteiger partial charge in [0.2, 0.25) is 0 Å². The molecule has 0 aliphatic heterocycles. The Labute approximate surface area is 144 Å². The Balaban J connectivity index is 2.10. The number of hydrogen-bond acceptors (Lipinski definition) is 5. The third-order valence-corrected chi connectivity index (χ3v) is 3.82. The van der Waals surface area contributed by atoms with Crippen LogP contribution in [0.5, 0.6) is 5.75 Å². The van der Waals surface area contributed by atoms with Gasteiger partial charge in [-0.05, 0) is 18.6 Å². The van der Waals surface area contributed by atoms with E-state index in [4.69, 9.17) is 21.1 Å². The van der Waals surface area contributed by atoms with Crippen molar-refractivity contribution in [2.24, 2.45) is 0 Å². The molecule has 0 aromatic heterocycles. The topological polar surface area (TPSA) is 78.7 Å². The van der Waals surface area contributed by atoms with Crippen LogP contribution in [0.3, 0.4) is 0 Å². The lowest BCUT2D eigenvalue weighted by molar-refractivity contribution is -0.385. The maximum absolute atomic E-state index is 12.3. The maximum Gasteiger partial charge on any atom is 0.343 e. The number of methoxy groups -OCH3 is 1. The van der Waals surface area contributed by atoms with Gasteiger partial charge >= 0.3 is 5.97 Å². The Bertz CT molecular complexity index is 776. The summed E-state index contributed by atoms with van der Waals surface area (Å²) in [5.74, 6) is -0.266. The number of hydrogen-bond donors (Lipinski definition) is 0. The highest BCUT2D eigenvalue weighted by Gasteiger charge is 2.20. The van der Waals surface area contributed by atoms with Gasteiger partial charge in [0.1, 0.15) is 11.3 Å². The van der Waals surface area contributed by atoms with Crippen molar-refractivity contribution < 1.29 is 19.2 Å². The summed E-state index contributed by atoms with van der Waals surface area (Å²) in [4.78, 5) is 22.8. The van der Waals surface area contributed by atoms with Gasteiger partial charge in [-0.1, -0.05) is 35.9 Å². The molecule has 0 aliphatic carbocycles. The fourth-order valence-electron chi connectivity index (χ4n) is 2.34. The molecule has 24 heavy (non-hydrogen) atoms. The second kappa shape index (κ2) is 7.79. The van der Waals surface area contributed by atoms with Crippen LogP contribution < -0.4 is 4.74 Å². The smallest absolute Gasteiger partial charge is 0.343 e. The lowest BCUT2D eigenvalue weighted by Gasteiger charge is -2.12. The number of carbonyl (C=O) groups excluding carboxylic acids is 1. The van der Waals surface area contributed by atoms with E-state index in [1.54, 1.807) is 37.3 Å². The average Bonchev–Trinajstić information content (AvgIpc) is 2.56. The van der Waals surface area contributed by atoms with Crippen molar-refractivity contribution in [2.45, 2.75) is 13.3 Å². The Morgan fingerprint density at radius 2 is 1.96 bits per heavy atom. The largest absolute Gasteiger partial charge is 0.496 e. The van der Waals surface area contributed by atoms with E-state index in [2.05, 4.69) is 0 Å². The van der Waals surface area contributed by atoms with E-state index in [1.807, 2.05) is 0 Å². The first-order valence-corrected chi connectivity index (χ1v) is 7.56. The van der Waals surface area contributed by atoms with Gasteiger partial charge in [-0.3, -0.25) is 10.1 Å². The molecule has 126 valence electrons. The van der Waals surface area contributed by atoms with Gasteiger partial charge in [0.05, 0.1) is 23.7 Å². The quantitative estimate of drug-likeness (QED) is 0.448. The predicted molar refractivity (Wildman–Crippen MR) is 89.8 cm³/mol. The number of nitro benzene ring substituents is 1. The molecule has 0 N–H and O–H groups in total. The third-order valence-electron chi connectivity index (χ3n) is 3.50. The zero-order chi connectivity index (χ0) is 17.7. The molecule has 0 saturated carbocycles. The van der Waals surface area contributed by atoms with Gasteiger partial charge in [0.15, 0.2) is 0 Å². The van der Waals surface area contributed by atoms with Crippen molar-refractivity contribution in [1.29, 1.82) is 0 Å². The summed E-state index contributed by atoms with van der Waals surface area (Å²) >= 11 is 6.07. The van der Waals surface area contributed by atoms with E-state index in [-0.39, 0.29) is 29.3 Å². The Kier molecular flexibility index (Phi) is 5.76. The van der Waals surface area contributed by atoms with E-state index in [1.165, 1.54) is 13.2 Å². The van der Waals surface area contributed by atoms with Crippen LogP contribution in [-0.2, 0) is 11.2 Å². The molecule has 0 bridgehead atoms. The Morgan fingerprint density at radius 1 is 1.25 bits per heavy atom. The molecule has 0 fully saturated rings. The highest BCUT2D eigenvalue weighted by molar-refractivity contribution is 6.34. The fraction of sp³-hybridized carbons (Fsp3) is 0.235. The number of halogens is 1. The lowest BCUT2D eigenvalue weighted by atomic mass is 10.1. The number of carbonyl (C=O) groups is 1. The van der Waals surface area contributed by atoms with Crippen molar-refractivity contribution >= 4 is 23.3 Å². The van der Waals surface area contributed by atoms with Crippen LogP contribution in [0.15, 0.2) is 36.4 Å². The summed E-state index contributed by atoms with van der Waals surface area (Å²) in [6.45, 7) is 1.79. The SMILES string of the molecule is COc1c(C)ccc(Cl)c1C(=O)OCCc1ccccc1[N+](=O)[O-]. The van der Waals surface area contributed by atoms with E-state index in [0.717, 1.165) is 5.56 Å². The van der Waals surface area contributed by atoms with Crippen molar-refractivity contribution in [3.05, 3.63) is 68.2 Å². The maximum atomic E-state index is 12.3. The van der Waals surface area contributed by atoms with Crippen molar-refractivity contribution in [3.8, 4) is 5.75 Å². The van der Waals surface area contributed by atoms with Crippen molar-refractivity contribution in [2.75, 3.05) is 13.7 Å². The summed E-state index contributed by atoms with van der Waals surface area (Å²) in [5.41, 5.74) is 1.41. The summed E-state index contributed by atoms with van der Waals surface area (Å²) in [6, 6.07) is 9.67. The molecule has 0 amide bonds. The van der Waals surface area contributed by atoms with Crippen LogP contribution in [0, 0.1) is 17.0 Å². The molecule has 2 aromatic carbocycles. The molecule has 0 saturated heterocycles. The first-order valence-electron chi connectivity index (χ1n) is 7.18. The number of rotatable bonds is 6. The molecule has 2 aromatic rings. The number of para-hydroxylation sites is 1. The number of benzene rings is 2. The van der Waals surface area contributed by atoms with Crippen molar-refractivity contribution in [3.63, 3.8) is 0 Å². The molecule has 0 atom stereocenters. The van der Waals surface area contributed by atoms with Crippen LogP contribution in [0.4, 0.5) is 5.69 Å². The van der Waals surface area contributed by atoms with Gasteiger partial charge in [0.25, 0.3) is 5.69 Å². The molecule has 0 aliphatic rings. The first-order chi connectivity index (χ1) is 11.5. The zero-order valence-electron chi connectivity index (χ0n) is 13.2. The second-order valence-corrected chi connectivity index (χ2v) is 5.45. The normalized spacial score (nSPS) is 10.3. The fourth-order valence-corrected chi connectivity index (χ4v) is 2.57. The highest BCUT2D eigenvalue weighted by Crippen LogP contribution is 2.30. The monoisotopic (exact) mass is 349 g/mol. The number of ether oxygens (including phenoxy) is 2. The predicted octanol–water partition coefficient (Wildman–Crippen LogP) is 3.96. The molecular formula is C17H16ClNO5. The van der Waals surface area contributed by atoms with Crippen LogP contribution in [-0.4, -0.2) is 24.6 Å². The molecule has 0 spiro atoms. The molecule has 0 heterocycles. The molecular weight excluding hydrogens is 334 g/mol. The van der Waals surface area contributed by atoms with Gasteiger partial charge < -0.3 is 9.47 Å². The van der Waals surface area contributed by atoms with Gasteiger partial charge in [0, 0.05) is 18.1 Å². The Hall–Kier alpha value is -2.60. The molecule has 2 rings (SSSR count). The average molecular weight is 350 g/mol. The zero-order valence-corrected chi connectivity index (χ0v) is 14.0. The third kappa shape index (κ3) is 3.83. The Morgan fingerprint density at radius 3 is 2.62 bits per heavy atom. The molecule has 7 heteroatoms. The minimum atomic E-state index is -0.626. The minimum Gasteiger partial charge on any atom is -0.496 e. The number of aryl methyl sites for hydroxylation is 1. The molecule has 6 nitrogen and oxygen atoms in total. The summed E-state index contributed by atoms with van der Waals surface area (Å²) in [5, 5.41) is 11.2. The first kappa shape index (κ1) is 17.7. The van der Waals surface area contributed by atoms with Crippen LogP contribution in [0.2, 0.25) is 5.02 Å². The molecule has 0 unspecified atom stereocenters. The summed E-state index contributed by atoms with van der Waals surface area (Å²) in [6.07, 6.45) is 0.231. The highest BCUT2D eigenvalue weighted by atomic mass is 35.5. The van der Waals surface area contributed by atoms with E-state index < -0.39 is 10.9 Å². The lowest BCUT2D eigenvalue weighted by Crippen LogP contribution is -2.11. The number of nitro groups is 1. The van der Waals surface area contributed by atoms with Gasteiger partial charge in [-0.25, -0.2) is 4.79 Å².